The van der Waals surface area contributed by atoms with Crippen LogP contribution in [-0.4, -0.2) is 165 Å². The first kappa shape index (κ1) is 44.6. The Hall–Kier alpha value is -2.41. The average molecular weight is 706 g/mol. The highest BCUT2D eigenvalue weighted by Gasteiger charge is 2.02. The highest BCUT2D eigenvalue weighted by Crippen LogP contribution is 2.19. The summed E-state index contributed by atoms with van der Waals surface area (Å²) in [6.45, 7) is 16.2. The van der Waals surface area contributed by atoms with Crippen LogP contribution in [0.15, 0.2) is 36.4 Å². The molecule has 0 aliphatic carbocycles. The second-order valence-corrected chi connectivity index (χ2v) is 10.0. The van der Waals surface area contributed by atoms with E-state index in [2.05, 4.69) is 6.58 Å². The number of anilines is 1. The molecule has 0 radical (unpaired) electrons. The van der Waals surface area contributed by atoms with Gasteiger partial charge in [-0.2, -0.15) is 0 Å². The van der Waals surface area contributed by atoms with Crippen LogP contribution in [0.25, 0.3) is 0 Å². The number of benzene rings is 1. The topological polar surface area (TPSA) is 163 Å². The summed E-state index contributed by atoms with van der Waals surface area (Å²) in [5, 5.41) is 0. The Morgan fingerprint density at radius 2 is 0.735 bits per heavy atom. The number of nitrogen functional groups attached to an aromatic ring is 1. The molecule has 1 rings (SSSR count). The minimum absolute atomic E-state index is 0.196. The van der Waals surface area contributed by atoms with Gasteiger partial charge in [0.1, 0.15) is 19.0 Å². The van der Waals surface area contributed by atoms with Crippen LogP contribution >= 0.6 is 0 Å². The van der Waals surface area contributed by atoms with Crippen molar-refractivity contribution in [3.63, 3.8) is 0 Å². The van der Waals surface area contributed by atoms with Gasteiger partial charge in [0, 0.05) is 5.57 Å². The van der Waals surface area contributed by atoms with Crippen molar-refractivity contribution in [1.82, 2.24) is 0 Å². The molecule has 0 atom stereocenters. The van der Waals surface area contributed by atoms with Crippen LogP contribution in [0.5, 0.6) is 5.75 Å². The fourth-order valence-corrected chi connectivity index (χ4v) is 3.44. The molecule has 0 aliphatic rings. The second-order valence-electron chi connectivity index (χ2n) is 10.0. The van der Waals surface area contributed by atoms with E-state index in [4.69, 9.17) is 67.3 Å². The monoisotopic (exact) mass is 705 g/mol. The normalized spacial score (nSPS) is 11.2. The van der Waals surface area contributed by atoms with E-state index in [0.717, 1.165) is 0 Å². The van der Waals surface area contributed by atoms with E-state index in [9.17, 15) is 4.79 Å². The highest BCUT2D eigenvalue weighted by atomic mass is 16.6. The van der Waals surface area contributed by atoms with Crippen LogP contribution in [0.2, 0.25) is 0 Å². The minimum Gasteiger partial charge on any atom is -0.489 e. The van der Waals surface area contributed by atoms with Crippen LogP contribution in [-0.2, 0) is 61.6 Å². The molecule has 49 heavy (non-hydrogen) atoms. The third-order valence-electron chi connectivity index (χ3n) is 5.93. The molecule has 0 saturated heterocycles. The lowest BCUT2D eigenvalue weighted by Crippen LogP contribution is -2.16. The molecule has 15 heteroatoms. The summed E-state index contributed by atoms with van der Waals surface area (Å²) in [4.78, 5) is 11.2. The van der Waals surface area contributed by atoms with Gasteiger partial charge < -0.3 is 67.3 Å². The summed E-state index contributed by atoms with van der Waals surface area (Å²) in [6, 6.07) is 7.37. The van der Waals surface area contributed by atoms with E-state index in [1.54, 1.807) is 13.0 Å². The minimum atomic E-state index is -0.415. The Kier molecular flexibility index (Phi) is 32.2. The quantitative estimate of drug-likeness (QED) is 0.0459. The molecule has 0 aromatic heterocycles. The van der Waals surface area contributed by atoms with Crippen molar-refractivity contribution in [1.29, 1.82) is 0 Å². The summed E-state index contributed by atoms with van der Waals surface area (Å²) >= 11 is 0. The summed E-state index contributed by atoms with van der Waals surface area (Å²) in [7, 11) is 0. The number of para-hydroxylation sites is 2. The van der Waals surface area contributed by atoms with Crippen molar-refractivity contribution in [3.05, 3.63) is 36.4 Å². The summed E-state index contributed by atoms with van der Waals surface area (Å²) in [5.74, 6) is 0.249. The zero-order chi connectivity index (χ0) is 35.3. The number of carbonyl (C=O) groups excluding carboxylic acids is 1. The molecule has 0 bridgehead atoms. The first-order chi connectivity index (χ1) is 24.1. The zero-order valence-corrected chi connectivity index (χ0v) is 29.3. The van der Waals surface area contributed by atoms with Crippen LogP contribution in [0.1, 0.15) is 6.92 Å². The van der Waals surface area contributed by atoms with Crippen molar-refractivity contribution >= 4 is 11.7 Å². The number of esters is 1. The Morgan fingerprint density at radius 1 is 0.469 bits per heavy atom. The molecule has 1 aromatic carbocycles. The molecule has 1 aromatic rings. The molecular weight excluding hydrogens is 646 g/mol. The molecule has 0 aliphatic heterocycles. The summed E-state index contributed by atoms with van der Waals surface area (Å²) < 4.78 is 70.4. The fourth-order valence-electron chi connectivity index (χ4n) is 3.44. The Labute approximate surface area is 291 Å². The number of hydrogen-bond acceptors (Lipinski definition) is 15. The van der Waals surface area contributed by atoms with Gasteiger partial charge in [0.15, 0.2) is 0 Å². The van der Waals surface area contributed by atoms with E-state index >= 15 is 0 Å². The largest absolute Gasteiger partial charge is 0.489 e. The summed E-state index contributed by atoms with van der Waals surface area (Å²) in [5.41, 5.74) is 6.80. The van der Waals surface area contributed by atoms with E-state index < -0.39 is 5.97 Å². The van der Waals surface area contributed by atoms with Crippen molar-refractivity contribution in [2.45, 2.75) is 6.92 Å². The molecular formula is C34H59NO14. The Bertz CT molecular complexity index is 894. The van der Waals surface area contributed by atoms with E-state index in [1.807, 2.05) is 18.2 Å². The van der Waals surface area contributed by atoms with Crippen molar-refractivity contribution in [3.8, 4) is 5.75 Å². The third kappa shape index (κ3) is 31.3. The predicted molar refractivity (Wildman–Crippen MR) is 181 cm³/mol. The van der Waals surface area contributed by atoms with Gasteiger partial charge in [-0.3, -0.25) is 0 Å². The maximum absolute atomic E-state index is 11.2. The number of hydrogen-bond donors (Lipinski definition) is 1. The molecule has 0 spiro atoms. The second kappa shape index (κ2) is 35.4. The zero-order valence-electron chi connectivity index (χ0n) is 29.3. The molecule has 2 N–H and O–H groups in total. The van der Waals surface area contributed by atoms with Gasteiger partial charge in [-0.15, -0.1) is 0 Å². The third-order valence-corrected chi connectivity index (χ3v) is 5.93. The van der Waals surface area contributed by atoms with Crippen LogP contribution < -0.4 is 10.5 Å². The van der Waals surface area contributed by atoms with Gasteiger partial charge in [-0.05, 0) is 19.1 Å². The number of nitrogens with two attached hydrogens (primary N) is 1. The van der Waals surface area contributed by atoms with Crippen LogP contribution in [0.4, 0.5) is 5.69 Å². The maximum Gasteiger partial charge on any atom is 0.333 e. The van der Waals surface area contributed by atoms with E-state index in [-0.39, 0.29) is 6.61 Å². The lowest BCUT2D eigenvalue weighted by Gasteiger charge is -2.10. The fraction of sp³-hybridized carbons (Fsp3) is 0.735. The van der Waals surface area contributed by atoms with Crippen molar-refractivity contribution < 1.29 is 66.4 Å². The highest BCUT2D eigenvalue weighted by molar-refractivity contribution is 5.86. The van der Waals surface area contributed by atoms with Gasteiger partial charge in [0.25, 0.3) is 0 Å². The Balaban J connectivity index is 1.63. The Morgan fingerprint density at radius 3 is 1.02 bits per heavy atom. The lowest BCUT2D eigenvalue weighted by atomic mass is 10.3. The van der Waals surface area contributed by atoms with Gasteiger partial charge in [-0.25, -0.2) is 4.79 Å². The van der Waals surface area contributed by atoms with E-state index in [0.29, 0.717) is 169 Å². The van der Waals surface area contributed by atoms with Gasteiger partial charge in [-0.1, -0.05) is 18.7 Å². The number of rotatable bonds is 38. The first-order valence-corrected chi connectivity index (χ1v) is 16.8. The lowest BCUT2D eigenvalue weighted by molar-refractivity contribution is -0.140. The molecule has 0 saturated carbocycles. The summed E-state index contributed by atoms with van der Waals surface area (Å²) in [6.07, 6.45) is 0. The molecule has 0 unspecified atom stereocenters. The average Bonchev–Trinajstić information content (AvgIpc) is 3.10. The van der Waals surface area contributed by atoms with Crippen molar-refractivity contribution in [2.24, 2.45) is 0 Å². The van der Waals surface area contributed by atoms with Crippen LogP contribution in [0, 0.1) is 0 Å². The smallest absolute Gasteiger partial charge is 0.333 e. The first-order valence-electron chi connectivity index (χ1n) is 16.8. The van der Waals surface area contributed by atoms with Gasteiger partial charge >= 0.3 is 5.97 Å². The SMILES string of the molecule is C=C(C)C(=O)OCCOCCOCCOCCOCCOCCOCCOCCOCCOCCOCCOCCOc1ccccc1N. The van der Waals surface area contributed by atoms with Gasteiger partial charge in [0.05, 0.1) is 151 Å². The van der Waals surface area contributed by atoms with Crippen LogP contribution in [0.3, 0.4) is 0 Å². The maximum atomic E-state index is 11.2. The number of ether oxygens (including phenoxy) is 13. The van der Waals surface area contributed by atoms with Crippen molar-refractivity contribution in [2.75, 3.05) is 164 Å². The molecule has 0 fully saturated rings. The predicted octanol–water partition coefficient (Wildman–Crippen LogP) is 1.95. The molecule has 0 amide bonds. The van der Waals surface area contributed by atoms with Gasteiger partial charge in [0.2, 0.25) is 0 Å². The molecule has 15 nitrogen and oxygen atoms in total. The number of carbonyl (C=O) groups is 1. The molecule has 284 valence electrons. The van der Waals surface area contributed by atoms with E-state index in [1.165, 1.54) is 0 Å². The standard InChI is InChI=1S/C34H59NO14/c1-31(2)34(36)49-30-28-47-26-24-45-22-20-43-18-16-41-14-12-39-10-8-37-7-9-38-11-13-40-15-17-42-19-21-44-23-25-46-27-29-48-33-6-4-3-5-32(33)35/h3-6H,1,7-30,35H2,2H3. The molecule has 0 heterocycles.